The van der Waals surface area contributed by atoms with Crippen LogP contribution >= 0.6 is 23.2 Å². The number of hydrogen-bond acceptors (Lipinski definition) is 2. The van der Waals surface area contributed by atoms with E-state index in [4.69, 9.17) is 23.2 Å². The number of unbranched alkanes of at least 4 members (excludes halogenated alkanes) is 1. The number of nitrogens with one attached hydrogen (secondary N) is 2. The molecule has 0 unspecified atom stereocenters. The Morgan fingerprint density at radius 3 is 1.35 bits per heavy atom. The SMILES string of the molecule is O=C(CCCCC(=O)NCc1ccc(Cl)cc1)NCc1ccc(Cl)cc1. The van der Waals surface area contributed by atoms with E-state index in [0.29, 0.717) is 48.8 Å². The van der Waals surface area contributed by atoms with Crippen LogP contribution in [-0.2, 0) is 22.7 Å². The van der Waals surface area contributed by atoms with Crippen molar-refractivity contribution < 1.29 is 9.59 Å². The van der Waals surface area contributed by atoms with Crippen LogP contribution in [0.5, 0.6) is 0 Å². The Morgan fingerprint density at radius 2 is 1.00 bits per heavy atom. The van der Waals surface area contributed by atoms with Crippen molar-refractivity contribution in [2.75, 3.05) is 0 Å². The van der Waals surface area contributed by atoms with Crippen LogP contribution in [0.25, 0.3) is 0 Å². The zero-order valence-corrected chi connectivity index (χ0v) is 15.9. The van der Waals surface area contributed by atoms with Gasteiger partial charge in [0, 0.05) is 36.0 Å². The van der Waals surface area contributed by atoms with Crippen LogP contribution < -0.4 is 10.6 Å². The molecule has 0 heterocycles. The van der Waals surface area contributed by atoms with E-state index in [1.807, 2.05) is 24.3 Å². The molecule has 0 aliphatic rings. The van der Waals surface area contributed by atoms with Gasteiger partial charge in [0.2, 0.25) is 11.8 Å². The Hall–Kier alpha value is -2.04. The number of amides is 2. The molecule has 2 amide bonds. The van der Waals surface area contributed by atoms with Crippen molar-refractivity contribution in [3.8, 4) is 0 Å². The molecule has 0 aliphatic carbocycles. The minimum atomic E-state index is -0.0125. The quantitative estimate of drug-likeness (QED) is 0.617. The number of benzene rings is 2. The standard InChI is InChI=1S/C20H22Cl2N2O2/c21-17-9-5-15(6-10-17)13-23-19(25)3-1-2-4-20(26)24-14-16-7-11-18(22)12-8-16/h5-12H,1-4,13-14H2,(H,23,25)(H,24,26). The van der Waals surface area contributed by atoms with Crippen molar-refractivity contribution in [2.24, 2.45) is 0 Å². The first-order valence-electron chi connectivity index (χ1n) is 8.55. The fraction of sp³-hybridized carbons (Fsp3) is 0.300. The second kappa shape index (κ2) is 10.8. The minimum absolute atomic E-state index is 0.0125. The molecular formula is C20H22Cl2N2O2. The van der Waals surface area contributed by atoms with Gasteiger partial charge in [-0.15, -0.1) is 0 Å². The summed E-state index contributed by atoms with van der Waals surface area (Å²) in [4.78, 5) is 23.6. The van der Waals surface area contributed by atoms with E-state index in [1.165, 1.54) is 0 Å². The second-order valence-corrected chi connectivity index (χ2v) is 6.89. The maximum atomic E-state index is 11.8. The van der Waals surface area contributed by atoms with Crippen LogP contribution in [0.1, 0.15) is 36.8 Å². The fourth-order valence-electron chi connectivity index (χ4n) is 2.35. The summed E-state index contributed by atoms with van der Waals surface area (Å²) in [6.07, 6.45) is 2.19. The Bertz CT molecular complexity index is 652. The van der Waals surface area contributed by atoms with Gasteiger partial charge in [0.1, 0.15) is 0 Å². The third-order valence-corrected chi connectivity index (χ3v) is 4.37. The van der Waals surface area contributed by atoms with Crippen molar-refractivity contribution in [1.29, 1.82) is 0 Å². The maximum absolute atomic E-state index is 11.8. The monoisotopic (exact) mass is 392 g/mol. The molecule has 138 valence electrons. The average molecular weight is 393 g/mol. The predicted molar refractivity (Wildman–Crippen MR) is 105 cm³/mol. The van der Waals surface area contributed by atoms with Gasteiger partial charge in [0.15, 0.2) is 0 Å². The Morgan fingerprint density at radius 1 is 0.654 bits per heavy atom. The van der Waals surface area contributed by atoms with Gasteiger partial charge in [0.05, 0.1) is 0 Å². The first-order chi connectivity index (χ1) is 12.5. The van der Waals surface area contributed by atoms with Gasteiger partial charge >= 0.3 is 0 Å². The summed E-state index contributed by atoms with van der Waals surface area (Å²) >= 11 is 11.6. The van der Waals surface area contributed by atoms with Gasteiger partial charge in [-0.25, -0.2) is 0 Å². The van der Waals surface area contributed by atoms with E-state index in [0.717, 1.165) is 11.1 Å². The lowest BCUT2D eigenvalue weighted by molar-refractivity contribution is -0.123. The van der Waals surface area contributed by atoms with Crippen LogP contribution in [0.2, 0.25) is 10.0 Å². The molecule has 26 heavy (non-hydrogen) atoms. The molecule has 6 heteroatoms. The number of rotatable bonds is 9. The lowest BCUT2D eigenvalue weighted by Gasteiger charge is -2.07. The maximum Gasteiger partial charge on any atom is 0.220 e. The first kappa shape index (κ1) is 20.3. The van der Waals surface area contributed by atoms with Crippen LogP contribution in [-0.4, -0.2) is 11.8 Å². The van der Waals surface area contributed by atoms with E-state index in [9.17, 15) is 9.59 Å². The van der Waals surface area contributed by atoms with Crippen molar-refractivity contribution in [1.82, 2.24) is 10.6 Å². The zero-order chi connectivity index (χ0) is 18.8. The number of halogens is 2. The van der Waals surface area contributed by atoms with Crippen LogP contribution in [0, 0.1) is 0 Å². The Labute approximate surface area is 163 Å². The summed E-state index contributed by atoms with van der Waals surface area (Å²) in [6.45, 7) is 0.967. The molecular weight excluding hydrogens is 371 g/mol. The smallest absolute Gasteiger partial charge is 0.220 e. The molecule has 2 aromatic rings. The molecule has 0 saturated heterocycles. The molecule has 0 bridgehead atoms. The lowest BCUT2D eigenvalue weighted by Crippen LogP contribution is -2.23. The second-order valence-electron chi connectivity index (χ2n) is 6.01. The van der Waals surface area contributed by atoms with E-state index in [2.05, 4.69) is 10.6 Å². The van der Waals surface area contributed by atoms with E-state index in [1.54, 1.807) is 24.3 Å². The summed E-state index contributed by atoms with van der Waals surface area (Å²) in [6, 6.07) is 14.7. The average Bonchev–Trinajstić information content (AvgIpc) is 2.64. The van der Waals surface area contributed by atoms with Gasteiger partial charge < -0.3 is 10.6 Å². The molecule has 0 fully saturated rings. The largest absolute Gasteiger partial charge is 0.352 e. The molecule has 2 aromatic carbocycles. The van der Waals surface area contributed by atoms with Crippen molar-refractivity contribution >= 4 is 35.0 Å². The summed E-state index contributed by atoms with van der Waals surface area (Å²) < 4.78 is 0. The number of carbonyl (C=O) groups excluding carboxylic acids is 2. The molecule has 2 rings (SSSR count). The third-order valence-electron chi connectivity index (χ3n) is 3.86. The van der Waals surface area contributed by atoms with Crippen molar-refractivity contribution in [2.45, 2.75) is 38.8 Å². The highest BCUT2D eigenvalue weighted by Crippen LogP contribution is 2.10. The molecule has 0 aliphatic heterocycles. The van der Waals surface area contributed by atoms with Crippen molar-refractivity contribution in [3.05, 3.63) is 69.7 Å². The zero-order valence-electron chi connectivity index (χ0n) is 14.4. The highest BCUT2D eigenvalue weighted by molar-refractivity contribution is 6.30. The minimum Gasteiger partial charge on any atom is -0.352 e. The van der Waals surface area contributed by atoms with Gasteiger partial charge in [-0.1, -0.05) is 47.5 Å². The number of hydrogen-bond donors (Lipinski definition) is 2. The highest BCUT2D eigenvalue weighted by atomic mass is 35.5. The highest BCUT2D eigenvalue weighted by Gasteiger charge is 2.05. The van der Waals surface area contributed by atoms with Gasteiger partial charge in [-0.2, -0.15) is 0 Å². The van der Waals surface area contributed by atoms with E-state index >= 15 is 0 Å². The van der Waals surface area contributed by atoms with Gasteiger partial charge in [0.25, 0.3) is 0 Å². The number of carbonyl (C=O) groups is 2. The van der Waals surface area contributed by atoms with E-state index < -0.39 is 0 Å². The van der Waals surface area contributed by atoms with Crippen LogP contribution in [0.4, 0.5) is 0 Å². The molecule has 0 atom stereocenters. The van der Waals surface area contributed by atoms with E-state index in [-0.39, 0.29) is 11.8 Å². The summed E-state index contributed by atoms with van der Waals surface area (Å²) in [5.74, 6) is -0.0250. The molecule has 0 radical (unpaired) electrons. The fourth-order valence-corrected chi connectivity index (χ4v) is 2.61. The Balaban J connectivity index is 1.54. The normalized spacial score (nSPS) is 10.4. The summed E-state index contributed by atoms with van der Waals surface area (Å²) in [5, 5.41) is 7.08. The topological polar surface area (TPSA) is 58.2 Å². The third kappa shape index (κ3) is 7.89. The Kier molecular flexibility index (Phi) is 8.45. The van der Waals surface area contributed by atoms with Crippen molar-refractivity contribution in [3.63, 3.8) is 0 Å². The molecule has 0 aromatic heterocycles. The van der Waals surface area contributed by atoms with Crippen LogP contribution in [0.3, 0.4) is 0 Å². The molecule has 2 N–H and O–H groups in total. The van der Waals surface area contributed by atoms with Gasteiger partial charge in [-0.05, 0) is 48.2 Å². The summed E-state index contributed by atoms with van der Waals surface area (Å²) in [7, 11) is 0. The summed E-state index contributed by atoms with van der Waals surface area (Å²) in [5.41, 5.74) is 2.01. The molecule has 0 saturated carbocycles. The lowest BCUT2D eigenvalue weighted by atomic mass is 10.1. The molecule has 0 spiro atoms. The first-order valence-corrected chi connectivity index (χ1v) is 9.31. The van der Waals surface area contributed by atoms with Gasteiger partial charge in [-0.3, -0.25) is 9.59 Å². The molecule has 4 nitrogen and oxygen atoms in total. The van der Waals surface area contributed by atoms with Crippen LogP contribution in [0.15, 0.2) is 48.5 Å². The predicted octanol–water partition coefficient (Wildman–Crippen LogP) is 4.49.